The van der Waals surface area contributed by atoms with Gasteiger partial charge in [-0.3, -0.25) is 0 Å². The van der Waals surface area contributed by atoms with E-state index >= 15 is 0 Å². The molecule has 82 valence electrons. The SMILES string of the molecule is C/C=C/C1=CC(CCC)(N=O)CC=CC1. The lowest BCUT2D eigenvalue weighted by molar-refractivity contribution is 0.484. The largest absolute Gasteiger partial charge is 0.150 e. The summed E-state index contributed by atoms with van der Waals surface area (Å²) in [6, 6.07) is 0. The topological polar surface area (TPSA) is 29.4 Å². The van der Waals surface area contributed by atoms with Crippen molar-refractivity contribution in [1.29, 1.82) is 0 Å². The molecule has 0 saturated carbocycles. The smallest absolute Gasteiger partial charge is 0.125 e. The van der Waals surface area contributed by atoms with Crippen molar-refractivity contribution in [3.05, 3.63) is 40.9 Å². The Balaban J connectivity index is 2.98. The summed E-state index contributed by atoms with van der Waals surface area (Å²) in [4.78, 5) is 11.0. The number of nitrogens with zero attached hydrogens (tertiary/aromatic N) is 1. The van der Waals surface area contributed by atoms with Crippen LogP contribution in [0.15, 0.2) is 41.1 Å². The molecule has 1 rings (SSSR count). The molecule has 0 fully saturated rings. The van der Waals surface area contributed by atoms with Gasteiger partial charge in [-0.1, -0.05) is 42.8 Å². The summed E-state index contributed by atoms with van der Waals surface area (Å²) in [7, 11) is 0. The molecule has 0 aromatic rings. The first-order chi connectivity index (χ1) is 7.26. The van der Waals surface area contributed by atoms with Crippen molar-refractivity contribution in [2.45, 2.75) is 45.1 Å². The van der Waals surface area contributed by atoms with Gasteiger partial charge in [0.25, 0.3) is 0 Å². The van der Waals surface area contributed by atoms with Crippen LogP contribution in [-0.2, 0) is 0 Å². The molecule has 0 aromatic heterocycles. The highest BCUT2D eigenvalue weighted by Gasteiger charge is 2.27. The van der Waals surface area contributed by atoms with Gasteiger partial charge in [-0.15, -0.1) is 4.91 Å². The molecule has 1 aliphatic carbocycles. The molecular formula is C13H19NO. The first-order valence-corrected chi connectivity index (χ1v) is 5.60. The second kappa shape index (κ2) is 5.64. The molecule has 0 amide bonds. The molecule has 1 aliphatic rings. The van der Waals surface area contributed by atoms with E-state index in [9.17, 15) is 4.91 Å². The lowest BCUT2D eigenvalue weighted by Crippen LogP contribution is -2.21. The van der Waals surface area contributed by atoms with E-state index in [-0.39, 0.29) is 0 Å². The molecule has 0 aromatic carbocycles. The van der Waals surface area contributed by atoms with E-state index in [1.807, 2.05) is 19.1 Å². The molecular weight excluding hydrogens is 186 g/mol. The summed E-state index contributed by atoms with van der Waals surface area (Å²) in [6.07, 6.45) is 13.8. The standard InChI is InChI=1S/C13H19NO/c1-3-7-12-8-5-6-10-13(11-12,14-15)9-4-2/h3,5-7,11H,4,8-10H2,1-2H3/b7-3+. The first kappa shape index (κ1) is 11.9. The Hall–Kier alpha value is -1.18. The highest BCUT2D eigenvalue weighted by Crippen LogP contribution is 2.30. The summed E-state index contributed by atoms with van der Waals surface area (Å²) in [5.74, 6) is 0. The molecule has 2 nitrogen and oxygen atoms in total. The Morgan fingerprint density at radius 2 is 2.33 bits per heavy atom. The second-order valence-corrected chi connectivity index (χ2v) is 4.04. The van der Waals surface area contributed by atoms with E-state index < -0.39 is 5.54 Å². The van der Waals surface area contributed by atoms with Gasteiger partial charge < -0.3 is 0 Å². The van der Waals surface area contributed by atoms with E-state index in [0.29, 0.717) is 0 Å². The van der Waals surface area contributed by atoms with Crippen LogP contribution in [0, 0.1) is 4.91 Å². The lowest BCUT2D eigenvalue weighted by Gasteiger charge is -2.20. The van der Waals surface area contributed by atoms with Crippen LogP contribution in [0.25, 0.3) is 0 Å². The van der Waals surface area contributed by atoms with Crippen molar-refractivity contribution in [2.75, 3.05) is 0 Å². The van der Waals surface area contributed by atoms with Crippen LogP contribution in [0.4, 0.5) is 0 Å². The Morgan fingerprint density at radius 1 is 1.53 bits per heavy atom. The van der Waals surface area contributed by atoms with Gasteiger partial charge in [0.1, 0.15) is 5.54 Å². The third-order valence-electron chi connectivity index (χ3n) is 2.69. The quantitative estimate of drug-likeness (QED) is 0.501. The van der Waals surface area contributed by atoms with Crippen molar-refractivity contribution in [2.24, 2.45) is 5.18 Å². The third kappa shape index (κ3) is 3.15. The number of nitroso groups, excluding NO2 is 1. The third-order valence-corrected chi connectivity index (χ3v) is 2.69. The molecule has 1 atom stereocenters. The Bertz CT molecular complexity index is 302. The van der Waals surface area contributed by atoms with E-state index in [1.165, 1.54) is 5.57 Å². The zero-order valence-corrected chi connectivity index (χ0v) is 9.57. The van der Waals surface area contributed by atoms with E-state index in [2.05, 4.69) is 30.3 Å². The van der Waals surface area contributed by atoms with Gasteiger partial charge in [-0.2, -0.15) is 0 Å². The summed E-state index contributed by atoms with van der Waals surface area (Å²) < 4.78 is 0. The molecule has 0 aliphatic heterocycles. The Labute approximate surface area is 91.7 Å². The molecule has 15 heavy (non-hydrogen) atoms. The van der Waals surface area contributed by atoms with Gasteiger partial charge in [0.15, 0.2) is 0 Å². The van der Waals surface area contributed by atoms with E-state index in [0.717, 1.165) is 25.7 Å². The van der Waals surface area contributed by atoms with Crippen LogP contribution >= 0.6 is 0 Å². The highest BCUT2D eigenvalue weighted by atomic mass is 16.3. The minimum atomic E-state index is -0.503. The fourth-order valence-corrected chi connectivity index (χ4v) is 2.02. The molecule has 0 N–H and O–H groups in total. The summed E-state index contributed by atoms with van der Waals surface area (Å²) in [5.41, 5.74) is 0.690. The monoisotopic (exact) mass is 205 g/mol. The fraction of sp³-hybridized carbons (Fsp3) is 0.538. The molecule has 0 spiro atoms. The van der Waals surface area contributed by atoms with Gasteiger partial charge >= 0.3 is 0 Å². The van der Waals surface area contributed by atoms with Gasteiger partial charge in [-0.05, 0) is 37.8 Å². The van der Waals surface area contributed by atoms with Gasteiger partial charge in [0.2, 0.25) is 0 Å². The molecule has 1 unspecified atom stereocenters. The minimum Gasteiger partial charge on any atom is -0.150 e. The van der Waals surface area contributed by atoms with E-state index in [4.69, 9.17) is 0 Å². The average molecular weight is 205 g/mol. The number of rotatable bonds is 4. The maximum atomic E-state index is 11.0. The van der Waals surface area contributed by atoms with Gasteiger partial charge in [-0.25, -0.2) is 0 Å². The van der Waals surface area contributed by atoms with Gasteiger partial charge in [0, 0.05) is 0 Å². The summed E-state index contributed by atoms with van der Waals surface area (Å²) >= 11 is 0. The number of hydrogen-bond acceptors (Lipinski definition) is 2. The molecule has 2 heteroatoms. The highest BCUT2D eigenvalue weighted by molar-refractivity contribution is 5.29. The molecule has 0 heterocycles. The van der Waals surface area contributed by atoms with E-state index in [1.54, 1.807) is 0 Å². The maximum Gasteiger partial charge on any atom is 0.125 e. The fourth-order valence-electron chi connectivity index (χ4n) is 2.02. The first-order valence-electron chi connectivity index (χ1n) is 5.60. The van der Waals surface area contributed by atoms with Crippen molar-refractivity contribution in [3.63, 3.8) is 0 Å². The van der Waals surface area contributed by atoms with Crippen LogP contribution in [0.3, 0.4) is 0 Å². The lowest BCUT2D eigenvalue weighted by atomic mass is 9.89. The molecule has 0 saturated heterocycles. The normalized spacial score (nSPS) is 26.4. The van der Waals surface area contributed by atoms with Crippen LogP contribution in [0.2, 0.25) is 0 Å². The van der Waals surface area contributed by atoms with Gasteiger partial charge in [0.05, 0.1) is 0 Å². The van der Waals surface area contributed by atoms with Crippen molar-refractivity contribution < 1.29 is 0 Å². The summed E-state index contributed by atoms with van der Waals surface area (Å²) in [6.45, 7) is 4.08. The van der Waals surface area contributed by atoms with Crippen LogP contribution in [-0.4, -0.2) is 5.54 Å². The molecule has 0 radical (unpaired) electrons. The molecule has 0 bridgehead atoms. The minimum absolute atomic E-state index is 0.503. The maximum absolute atomic E-state index is 11.0. The van der Waals surface area contributed by atoms with Crippen molar-refractivity contribution in [3.8, 4) is 0 Å². The predicted molar refractivity (Wildman–Crippen MR) is 64.7 cm³/mol. The average Bonchev–Trinajstić information content (AvgIpc) is 2.43. The summed E-state index contributed by atoms with van der Waals surface area (Å²) in [5, 5.41) is 3.35. The van der Waals surface area contributed by atoms with Crippen molar-refractivity contribution in [1.82, 2.24) is 0 Å². The van der Waals surface area contributed by atoms with Crippen LogP contribution < -0.4 is 0 Å². The zero-order chi connectivity index (χ0) is 11.1. The van der Waals surface area contributed by atoms with Crippen LogP contribution in [0.1, 0.15) is 39.5 Å². The Kier molecular flexibility index (Phi) is 4.47. The predicted octanol–water partition coefficient (Wildman–Crippen LogP) is 4.14. The number of hydrogen-bond donors (Lipinski definition) is 0. The van der Waals surface area contributed by atoms with Crippen molar-refractivity contribution >= 4 is 0 Å². The number of allylic oxidation sites excluding steroid dienone is 4. The Morgan fingerprint density at radius 3 is 2.93 bits per heavy atom. The zero-order valence-electron chi connectivity index (χ0n) is 9.57. The van der Waals surface area contributed by atoms with Crippen LogP contribution in [0.5, 0.6) is 0 Å². The second-order valence-electron chi connectivity index (χ2n) is 4.04.